The van der Waals surface area contributed by atoms with Crippen molar-refractivity contribution in [1.29, 1.82) is 5.26 Å². The molecule has 0 radical (unpaired) electrons. The monoisotopic (exact) mass is 179 g/mol. The van der Waals surface area contributed by atoms with Crippen molar-refractivity contribution in [2.75, 3.05) is 0 Å². The van der Waals surface area contributed by atoms with E-state index in [4.69, 9.17) is 21.6 Å². The normalized spacial score (nSPS) is 26.3. The molecule has 1 heterocycles. The molecular weight excluding hydrogens is 174 g/mol. The van der Waals surface area contributed by atoms with Gasteiger partial charge in [-0.25, -0.2) is 0 Å². The lowest BCUT2D eigenvalue weighted by Crippen LogP contribution is -1.83. The highest BCUT2D eigenvalue weighted by Gasteiger charge is 2.40. The number of ether oxygens (including phenoxy) is 1. The van der Waals surface area contributed by atoms with E-state index >= 15 is 0 Å². The zero-order valence-corrected chi connectivity index (χ0v) is 6.95. The minimum absolute atomic E-state index is 0.0349. The average Bonchev–Trinajstić information content (AvgIpc) is 2.85. The molecule has 0 unspecified atom stereocenters. The van der Waals surface area contributed by atoms with Crippen LogP contribution in [0.4, 0.5) is 0 Å². The second-order valence-electron chi connectivity index (χ2n) is 2.66. The molecule has 2 rings (SSSR count). The van der Waals surface area contributed by atoms with Crippen LogP contribution in [0.5, 0.6) is 0 Å². The number of hydrogen-bond acceptors (Lipinski definition) is 2. The van der Waals surface area contributed by atoms with Gasteiger partial charge >= 0.3 is 0 Å². The van der Waals surface area contributed by atoms with Crippen LogP contribution in [0, 0.1) is 11.3 Å². The van der Waals surface area contributed by atoms with Gasteiger partial charge in [0.05, 0.1) is 6.07 Å². The van der Waals surface area contributed by atoms with Gasteiger partial charge in [0, 0.05) is 5.02 Å². The number of benzene rings is 1. The van der Waals surface area contributed by atoms with Crippen LogP contribution in [0.15, 0.2) is 24.3 Å². The van der Waals surface area contributed by atoms with Gasteiger partial charge in [-0.1, -0.05) is 23.7 Å². The molecule has 0 aromatic heterocycles. The van der Waals surface area contributed by atoms with Gasteiger partial charge in [-0.2, -0.15) is 5.26 Å². The van der Waals surface area contributed by atoms with Crippen molar-refractivity contribution in [1.82, 2.24) is 0 Å². The van der Waals surface area contributed by atoms with Crippen LogP contribution in [-0.4, -0.2) is 6.10 Å². The van der Waals surface area contributed by atoms with Gasteiger partial charge in [0.2, 0.25) is 0 Å². The summed E-state index contributed by atoms with van der Waals surface area (Å²) in [6, 6.07) is 9.40. The average molecular weight is 180 g/mol. The molecule has 0 aliphatic carbocycles. The van der Waals surface area contributed by atoms with Gasteiger partial charge in [-0.15, -0.1) is 0 Å². The van der Waals surface area contributed by atoms with Gasteiger partial charge in [0.15, 0.2) is 6.10 Å². The lowest BCUT2D eigenvalue weighted by molar-refractivity contribution is 0.396. The van der Waals surface area contributed by atoms with Gasteiger partial charge in [0.25, 0.3) is 0 Å². The van der Waals surface area contributed by atoms with E-state index in [2.05, 4.69) is 0 Å². The van der Waals surface area contributed by atoms with Gasteiger partial charge in [-0.05, 0) is 17.7 Å². The van der Waals surface area contributed by atoms with Crippen molar-refractivity contribution < 1.29 is 4.74 Å². The molecule has 2 nitrogen and oxygen atoms in total. The zero-order valence-electron chi connectivity index (χ0n) is 6.20. The fourth-order valence-electron chi connectivity index (χ4n) is 1.12. The third-order valence-corrected chi connectivity index (χ3v) is 2.07. The van der Waals surface area contributed by atoms with Crippen molar-refractivity contribution >= 4 is 11.6 Å². The molecule has 1 aromatic rings. The lowest BCUT2D eigenvalue weighted by Gasteiger charge is -1.93. The fourth-order valence-corrected chi connectivity index (χ4v) is 1.24. The van der Waals surface area contributed by atoms with E-state index in [1.54, 1.807) is 12.1 Å². The van der Waals surface area contributed by atoms with Crippen LogP contribution in [0.3, 0.4) is 0 Å². The first-order valence-corrected chi connectivity index (χ1v) is 3.99. The van der Waals surface area contributed by atoms with E-state index in [1.165, 1.54) is 0 Å². The molecule has 12 heavy (non-hydrogen) atoms. The number of hydrogen-bond donors (Lipinski definition) is 0. The molecule has 0 spiro atoms. The van der Waals surface area contributed by atoms with E-state index in [0.29, 0.717) is 5.02 Å². The Hall–Kier alpha value is -1.04. The molecule has 1 saturated heterocycles. The molecule has 0 saturated carbocycles. The maximum absolute atomic E-state index is 8.49. The molecule has 1 aromatic carbocycles. The summed E-state index contributed by atoms with van der Waals surface area (Å²) in [4.78, 5) is 0. The van der Waals surface area contributed by atoms with Gasteiger partial charge < -0.3 is 4.74 Å². The highest BCUT2D eigenvalue weighted by atomic mass is 35.5. The van der Waals surface area contributed by atoms with Crippen molar-refractivity contribution in [2.45, 2.75) is 12.2 Å². The van der Waals surface area contributed by atoms with Crippen molar-refractivity contribution in [3.8, 4) is 6.07 Å². The number of halogens is 1. The summed E-state index contributed by atoms with van der Waals surface area (Å²) >= 11 is 5.70. The Morgan fingerprint density at radius 3 is 2.50 bits per heavy atom. The minimum atomic E-state index is -0.258. The second kappa shape index (κ2) is 2.78. The van der Waals surface area contributed by atoms with Crippen LogP contribution in [0.2, 0.25) is 5.02 Å². The van der Waals surface area contributed by atoms with Crippen molar-refractivity contribution in [3.05, 3.63) is 34.9 Å². The quantitative estimate of drug-likeness (QED) is 0.621. The summed E-state index contributed by atoms with van der Waals surface area (Å²) in [6.07, 6.45) is -0.293. The Kier molecular flexibility index (Phi) is 1.76. The molecule has 0 N–H and O–H groups in total. The summed E-state index contributed by atoms with van der Waals surface area (Å²) in [7, 11) is 0. The van der Waals surface area contributed by atoms with Crippen LogP contribution < -0.4 is 0 Å². The summed E-state index contributed by atoms with van der Waals surface area (Å²) in [5.41, 5.74) is 1.02. The van der Waals surface area contributed by atoms with E-state index < -0.39 is 0 Å². The third kappa shape index (κ3) is 1.29. The van der Waals surface area contributed by atoms with Crippen molar-refractivity contribution in [2.24, 2.45) is 0 Å². The highest BCUT2D eigenvalue weighted by molar-refractivity contribution is 6.30. The molecule has 0 amide bonds. The predicted octanol–water partition coefficient (Wildman–Crippen LogP) is 2.30. The number of rotatable bonds is 1. The Bertz CT molecular complexity index is 327. The molecule has 2 atom stereocenters. The van der Waals surface area contributed by atoms with E-state index in [-0.39, 0.29) is 12.2 Å². The van der Waals surface area contributed by atoms with Gasteiger partial charge in [-0.3, -0.25) is 0 Å². The van der Waals surface area contributed by atoms with Crippen molar-refractivity contribution in [3.63, 3.8) is 0 Å². The van der Waals surface area contributed by atoms with E-state index in [0.717, 1.165) is 5.56 Å². The fraction of sp³-hybridized carbons (Fsp3) is 0.222. The lowest BCUT2D eigenvalue weighted by atomic mass is 10.1. The summed E-state index contributed by atoms with van der Waals surface area (Å²) < 4.78 is 5.09. The maximum Gasteiger partial charge on any atom is 0.175 e. The summed E-state index contributed by atoms with van der Waals surface area (Å²) in [5, 5.41) is 9.19. The first-order valence-electron chi connectivity index (χ1n) is 3.62. The molecule has 0 bridgehead atoms. The van der Waals surface area contributed by atoms with E-state index in [1.807, 2.05) is 18.2 Å². The van der Waals surface area contributed by atoms with Crippen LogP contribution in [0.25, 0.3) is 0 Å². The first kappa shape index (κ1) is 7.60. The number of nitrogens with zero attached hydrogens (tertiary/aromatic N) is 1. The Labute approximate surface area is 75.3 Å². The first-order chi connectivity index (χ1) is 5.81. The summed E-state index contributed by atoms with van der Waals surface area (Å²) in [6.45, 7) is 0. The predicted molar refractivity (Wildman–Crippen MR) is 44.7 cm³/mol. The second-order valence-corrected chi connectivity index (χ2v) is 3.09. The third-order valence-electron chi connectivity index (χ3n) is 1.82. The summed E-state index contributed by atoms with van der Waals surface area (Å²) in [5.74, 6) is 0. The molecule has 3 heteroatoms. The SMILES string of the molecule is N#C[C@H]1O[C@H]1c1ccc(Cl)cc1. The zero-order chi connectivity index (χ0) is 8.55. The Morgan fingerprint density at radius 2 is 2.00 bits per heavy atom. The number of epoxide rings is 1. The van der Waals surface area contributed by atoms with E-state index in [9.17, 15) is 0 Å². The minimum Gasteiger partial charge on any atom is -0.348 e. The van der Waals surface area contributed by atoms with Gasteiger partial charge in [0.1, 0.15) is 6.10 Å². The largest absolute Gasteiger partial charge is 0.348 e. The maximum atomic E-state index is 8.49. The molecular formula is C9H6ClNO. The molecule has 1 fully saturated rings. The number of nitriles is 1. The van der Waals surface area contributed by atoms with Crippen LogP contribution in [0.1, 0.15) is 11.7 Å². The van der Waals surface area contributed by atoms with Crippen LogP contribution in [-0.2, 0) is 4.74 Å². The molecule has 1 aliphatic heterocycles. The van der Waals surface area contributed by atoms with Crippen LogP contribution >= 0.6 is 11.6 Å². The standard InChI is InChI=1S/C9H6ClNO/c10-7-3-1-6(2-4-7)9-8(5-11)12-9/h1-4,8-9H/t8-,9+/m1/s1. The topological polar surface area (TPSA) is 36.3 Å². The Balaban J connectivity index is 2.17. The smallest absolute Gasteiger partial charge is 0.175 e. The molecule has 1 aliphatic rings. The molecule has 60 valence electrons. The Morgan fingerprint density at radius 1 is 1.33 bits per heavy atom. The highest BCUT2D eigenvalue weighted by Crippen LogP contribution is 2.38.